The molecule has 0 radical (unpaired) electrons. The minimum absolute atomic E-state index is 0.0280. The highest BCUT2D eigenvalue weighted by Gasteiger charge is 2.44. The lowest BCUT2D eigenvalue weighted by Crippen LogP contribution is -2.36. The smallest absolute Gasteiger partial charge is 0.337 e. The number of ketones is 1. The van der Waals surface area contributed by atoms with Crippen molar-refractivity contribution in [3.05, 3.63) is 95.5 Å². The zero-order valence-corrected chi connectivity index (χ0v) is 20.8. The molecular formula is C28H26N3O7+. The van der Waals surface area contributed by atoms with Gasteiger partial charge in [-0.25, -0.2) is 9.36 Å². The Bertz CT molecular complexity index is 1530. The first-order valence-electron chi connectivity index (χ1n) is 12.0. The average molecular weight is 517 g/mol. The van der Waals surface area contributed by atoms with Crippen LogP contribution in [-0.4, -0.2) is 53.4 Å². The molecule has 10 heteroatoms. The third-order valence-electron chi connectivity index (χ3n) is 6.57. The third-order valence-corrected chi connectivity index (χ3v) is 6.57. The first-order chi connectivity index (χ1) is 18.4. The number of hydrogen-bond acceptors (Lipinski definition) is 7. The lowest BCUT2D eigenvalue weighted by atomic mass is 9.94. The predicted octanol–water partition coefficient (Wildman–Crippen LogP) is 3.51. The molecule has 0 bridgehead atoms. The topological polar surface area (TPSA) is 126 Å². The lowest BCUT2D eigenvalue weighted by molar-refractivity contribution is -0.695. The van der Waals surface area contributed by atoms with E-state index >= 15 is 0 Å². The fraction of sp³-hybridized carbons (Fsp3) is 0.214. The predicted molar refractivity (Wildman–Crippen MR) is 135 cm³/mol. The van der Waals surface area contributed by atoms with Crippen LogP contribution >= 0.6 is 0 Å². The molecule has 0 aliphatic carbocycles. The third kappa shape index (κ3) is 4.40. The standard InChI is InChI=1S/C28H25N3O7/c1-36-20-6-3-5-19-15-21(38-26(19)20)24(32)22-23(17-7-9-18(10-8-17)28(35)37-2)31(27(34)25(22)33)13-4-12-30-14-11-29-16-30/h3,5-11,14-16,23H,4,12-13H2,1-2H3,(H,32,33)/p+1. The van der Waals surface area contributed by atoms with Crippen molar-refractivity contribution in [1.29, 1.82) is 0 Å². The van der Waals surface area contributed by atoms with E-state index in [1.165, 1.54) is 19.1 Å². The Hall–Kier alpha value is -4.86. The number of nitrogens with zero attached hydrogens (tertiary/aromatic N) is 2. The molecule has 4 aromatic rings. The molecule has 2 aromatic carbocycles. The second-order valence-corrected chi connectivity index (χ2v) is 8.80. The molecule has 0 saturated carbocycles. The van der Waals surface area contributed by atoms with E-state index < -0.39 is 29.5 Å². The van der Waals surface area contributed by atoms with E-state index in [1.807, 2.05) is 10.8 Å². The van der Waals surface area contributed by atoms with Crippen LogP contribution in [0.4, 0.5) is 0 Å². The Balaban J connectivity index is 1.52. The van der Waals surface area contributed by atoms with Crippen molar-refractivity contribution in [2.24, 2.45) is 0 Å². The molecular weight excluding hydrogens is 490 g/mol. The number of methoxy groups -OCH3 is 2. The SMILES string of the molecule is COC(=O)c1ccc(C2C(C(=O)c3cc4cccc(OC)c4o3)=C(O)C(=O)N2CCC[n+]2cc[nH]c2)cc1. The number of fused-ring (bicyclic) bond motifs is 1. The molecule has 0 fully saturated rings. The number of para-hydroxylation sites is 1. The molecule has 1 aliphatic rings. The van der Waals surface area contributed by atoms with Gasteiger partial charge in [-0.3, -0.25) is 14.6 Å². The number of amides is 1. The number of rotatable bonds is 9. The molecule has 38 heavy (non-hydrogen) atoms. The molecule has 1 unspecified atom stereocenters. The van der Waals surface area contributed by atoms with Gasteiger partial charge in [0.15, 0.2) is 22.9 Å². The number of hydrogen-bond donors (Lipinski definition) is 2. The highest BCUT2D eigenvalue weighted by molar-refractivity contribution is 6.16. The monoisotopic (exact) mass is 516 g/mol. The van der Waals surface area contributed by atoms with Crippen LogP contribution in [-0.2, 0) is 16.1 Å². The number of aliphatic hydroxyl groups excluding tert-OH is 1. The Kier molecular flexibility index (Phi) is 6.69. The van der Waals surface area contributed by atoms with Crippen molar-refractivity contribution in [3.8, 4) is 5.75 Å². The largest absolute Gasteiger partial charge is 0.503 e. The summed E-state index contributed by atoms with van der Waals surface area (Å²) >= 11 is 0. The maximum atomic E-state index is 13.8. The molecule has 1 atom stereocenters. The Morgan fingerprint density at radius 2 is 1.95 bits per heavy atom. The highest BCUT2D eigenvalue weighted by atomic mass is 16.5. The van der Waals surface area contributed by atoms with Crippen molar-refractivity contribution in [1.82, 2.24) is 9.88 Å². The second kappa shape index (κ2) is 10.3. The lowest BCUT2D eigenvalue weighted by Gasteiger charge is -2.26. The van der Waals surface area contributed by atoms with Crippen LogP contribution < -0.4 is 9.30 Å². The number of carbonyl (C=O) groups is 3. The van der Waals surface area contributed by atoms with E-state index in [0.717, 1.165) is 0 Å². The number of H-pyrrole nitrogens is 1. The number of aromatic amines is 1. The minimum Gasteiger partial charge on any atom is -0.503 e. The second-order valence-electron chi connectivity index (χ2n) is 8.80. The summed E-state index contributed by atoms with van der Waals surface area (Å²) in [5, 5.41) is 11.6. The van der Waals surface area contributed by atoms with Crippen LogP contribution in [0.1, 0.15) is 38.9 Å². The number of carbonyl (C=O) groups excluding carboxylic acids is 3. The first-order valence-corrected chi connectivity index (χ1v) is 12.0. The zero-order chi connectivity index (χ0) is 26.8. The highest BCUT2D eigenvalue weighted by Crippen LogP contribution is 2.40. The van der Waals surface area contributed by atoms with Crippen LogP contribution in [0.2, 0.25) is 0 Å². The number of furan rings is 1. The molecule has 1 amide bonds. The number of aryl methyl sites for hydroxylation is 1. The number of benzene rings is 2. The summed E-state index contributed by atoms with van der Waals surface area (Å²) in [7, 11) is 2.79. The van der Waals surface area contributed by atoms with Crippen LogP contribution in [0, 0.1) is 0 Å². The molecule has 0 spiro atoms. The summed E-state index contributed by atoms with van der Waals surface area (Å²) < 4.78 is 17.9. The molecule has 2 N–H and O–H groups in total. The van der Waals surface area contributed by atoms with Crippen molar-refractivity contribution in [2.75, 3.05) is 20.8 Å². The quantitative estimate of drug-likeness (QED) is 0.198. The van der Waals surface area contributed by atoms with Crippen molar-refractivity contribution in [2.45, 2.75) is 19.0 Å². The first kappa shape index (κ1) is 24.8. The van der Waals surface area contributed by atoms with E-state index in [2.05, 4.69) is 4.98 Å². The van der Waals surface area contributed by atoms with Crippen LogP contribution in [0.25, 0.3) is 11.0 Å². The van der Waals surface area contributed by atoms with E-state index in [0.29, 0.717) is 40.8 Å². The van der Waals surface area contributed by atoms with E-state index in [-0.39, 0.29) is 17.9 Å². The number of Topliss-reactive ketones (excluding diaryl/α,β-unsaturated/α-hetero) is 1. The summed E-state index contributed by atoms with van der Waals surface area (Å²) in [6.07, 6.45) is 6.03. The van der Waals surface area contributed by atoms with Crippen molar-refractivity contribution in [3.63, 3.8) is 0 Å². The average Bonchev–Trinajstić information content (AvgIpc) is 3.67. The van der Waals surface area contributed by atoms with Crippen LogP contribution in [0.5, 0.6) is 5.75 Å². The number of ether oxygens (including phenoxy) is 2. The molecule has 1 aliphatic heterocycles. The zero-order valence-electron chi connectivity index (χ0n) is 20.8. The summed E-state index contributed by atoms with van der Waals surface area (Å²) in [5.41, 5.74) is 1.18. The number of imidazole rings is 1. The molecule has 5 rings (SSSR count). The number of esters is 1. The minimum atomic E-state index is -0.881. The van der Waals surface area contributed by atoms with Gasteiger partial charge in [0.25, 0.3) is 5.91 Å². The molecule has 10 nitrogen and oxygen atoms in total. The summed E-state index contributed by atoms with van der Waals surface area (Å²) in [6.45, 7) is 0.893. The molecule has 3 heterocycles. The fourth-order valence-electron chi connectivity index (χ4n) is 4.71. The molecule has 194 valence electrons. The maximum Gasteiger partial charge on any atom is 0.337 e. The number of aromatic nitrogens is 2. The number of nitrogens with one attached hydrogen (secondary N) is 1. The summed E-state index contributed by atoms with van der Waals surface area (Å²) in [4.78, 5) is 43.4. The summed E-state index contributed by atoms with van der Waals surface area (Å²) in [6, 6.07) is 12.4. The van der Waals surface area contributed by atoms with Crippen molar-refractivity contribution >= 4 is 28.6 Å². The fourth-order valence-corrected chi connectivity index (χ4v) is 4.71. The Labute approximate surface area is 217 Å². The maximum absolute atomic E-state index is 13.8. The van der Waals surface area contributed by atoms with Crippen LogP contribution in [0.15, 0.2) is 83.0 Å². The van der Waals surface area contributed by atoms with Crippen molar-refractivity contribution < 1.29 is 37.9 Å². The molecule has 0 saturated heterocycles. The van der Waals surface area contributed by atoms with Gasteiger partial charge in [-0.1, -0.05) is 24.3 Å². The van der Waals surface area contributed by atoms with Gasteiger partial charge in [-0.2, -0.15) is 0 Å². The van der Waals surface area contributed by atoms with Crippen LogP contribution in [0.3, 0.4) is 0 Å². The Morgan fingerprint density at radius 3 is 2.63 bits per heavy atom. The number of aliphatic hydroxyl groups is 1. The normalized spacial score (nSPS) is 15.4. The van der Waals surface area contributed by atoms with Gasteiger partial charge in [-0.05, 0) is 29.8 Å². The Morgan fingerprint density at radius 1 is 1.16 bits per heavy atom. The van der Waals surface area contributed by atoms with E-state index in [4.69, 9.17) is 13.9 Å². The van der Waals surface area contributed by atoms with Gasteiger partial charge in [-0.15, -0.1) is 0 Å². The van der Waals surface area contributed by atoms with Gasteiger partial charge < -0.3 is 23.9 Å². The van der Waals surface area contributed by atoms with Gasteiger partial charge in [0, 0.05) is 18.4 Å². The van der Waals surface area contributed by atoms with Gasteiger partial charge in [0.2, 0.25) is 12.1 Å². The van der Waals surface area contributed by atoms with E-state index in [1.54, 1.807) is 61.1 Å². The summed E-state index contributed by atoms with van der Waals surface area (Å²) in [5.74, 6) is -1.97. The van der Waals surface area contributed by atoms with Gasteiger partial charge in [0.05, 0.1) is 37.9 Å². The van der Waals surface area contributed by atoms with Gasteiger partial charge in [0.1, 0.15) is 12.4 Å². The molecule has 2 aromatic heterocycles. The van der Waals surface area contributed by atoms with Gasteiger partial charge >= 0.3 is 5.97 Å². The van der Waals surface area contributed by atoms with E-state index in [9.17, 15) is 19.5 Å².